The van der Waals surface area contributed by atoms with Crippen molar-refractivity contribution in [2.45, 2.75) is 5.38 Å². The van der Waals surface area contributed by atoms with E-state index in [4.69, 9.17) is 11.6 Å². The molecule has 0 aliphatic heterocycles. The number of fused-ring (bicyclic) bond motifs is 1. The molecule has 5 atom stereocenters. The summed E-state index contributed by atoms with van der Waals surface area (Å²) in [5.41, 5.74) is 0. The number of allylic oxidation sites excluding steroid dienone is 2. The molecule has 9 heavy (non-hydrogen) atoms. The molecule has 4 aliphatic rings. The SMILES string of the molecule is FC1=CC2[C@@H]3C([C@H]23)[C@@H]1Cl. The quantitative estimate of drug-likeness (QED) is 0.456. The lowest BCUT2D eigenvalue weighted by Gasteiger charge is -2.19. The van der Waals surface area contributed by atoms with E-state index >= 15 is 0 Å². The summed E-state index contributed by atoms with van der Waals surface area (Å²) in [5.74, 6) is 2.65. The Balaban J connectivity index is 2.04. The first-order chi connectivity index (χ1) is 4.30. The predicted molar refractivity (Wildman–Crippen MR) is 32.8 cm³/mol. The second-order valence-corrected chi connectivity index (χ2v) is 3.73. The molecule has 0 nitrogen and oxygen atoms in total. The van der Waals surface area contributed by atoms with E-state index in [1.54, 1.807) is 6.08 Å². The average Bonchev–Trinajstić information content (AvgIpc) is 2.61. The molecule has 0 aromatic rings. The molecule has 2 fully saturated rings. The van der Waals surface area contributed by atoms with Crippen molar-refractivity contribution >= 4 is 11.6 Å². The standard InChI is InChI=1S/C7H6ClF/c8-7-3(9)1-2-4-5(2)6(4)7/h1-2,4-7H/t2?,4-,5+,6?,7-/m1/s1. The van der Waals surface area contributed by atoms with Crippen LogP contribution in [0.25, 0.3) is 0 Å². The van der Waals surface area contributed by atoms with Gasteiger partial charge in [0.1, 0.15) is 5.83 Å². The minimum absolute atomic E-state index is 0.0725. The van der Waals surface area contributed by atoms with Crippen LogP contribution >= 0.6 is 11.6 Å². The van der Waals surface area contributed by atoms with E-state index in [-0.39, 0.29) is 11.2 Å². The highest BCUT2D eigenvalue weighted by atomic mass is 35.5. The lowest BCUT2D eigenvalue weighted by Crippen LogP contribution is -2.18. The Bertz CT molecular complexity index is 201. The third-order valence-electron chi connectivity index (χ3n) is 2.89. The summed E-state index contributed by atoms with van der Waals surface area (Å²) < 4.78 is 12.6. The first-order valence-electron chi connectivity index (χ1n) is 3.32. The van der Waals surface area contributed by atoms with Crippen molar-refractivity contribution < 1.29 is 4.39 Å². The van der Waals surface area contributed by atoms with Gasteiger partial charge in [-0.2, -0.15) is 0 Å². The highest BCUT2D eigenvalue weighted by molar-refractivity contribution is 6.23. The number of hydrogen-bond donors (Lipinski definition) is 0. The zero-order valence-electron chi connectivity index (χ0n) is 4.72. The fourth-order valence-electron chi connectivity index (χ4n) is 2.21. The van der Waals surface area contributed by atoms with Crippen LogP contribution in [-0.4, -0.2) is 5.38 Å². The number of rotatable bonds is 0. The van der Waals surface area contributed by atoms with Crippen molar-refractivity contribution in [3.63, 3.8) is 0 Å². The van der Waals surface area contributed by atoms with Crippen LogP contribution in [0.1, 0.15) is 0 Å². The van der Waals surface area contributed by atoms with Crippen molar-refractivity contribution in [2.75, 3.05) is 0 Å². The van der Waals surface area contributed by atoms with E-state index in [2.05, 4.69) is 0 Å². The first-order valence-corrected chi connectivity index (χ1v) is 3.75. The van der Waals surface area contributed by atoms with Crippen molar-refractivity contribution in [3.8, 4) is 0 Å². The summed E-state index contributed by atoms with van der Waals surface area (Å²) >= 11 is 5.73. The third-order valence-corrected chi connectivity index (χ3v) is 3.39. The molecule has 0 radical (unpaired) electrons. The molecular weight excluding hydrogens is 139 g/mol. The molecule has 2 unspecified atom stereocenters. The largest absolute Gasteiger partial charge is 0.211 e. The molecule has 0 aromatic heterocycles. The van der Waals surface area contributed by atoms with Crippen LogP contribution in [0.4, 0.5) is 4.39 Å². The van der Waals surface area contributed by atoms with Crippen molar-refractivity contribution in [1.29, 1.82) is 0 Å². The minimum atomic E-state index is -0.259. The van der Waals surface area contributed by atoms with Gasteiger partial charge in [0.2, 0.25) is 0 Å². The Kier molecular flexibility index (Phi) is 0.563. The fourth-order valence-corrected chi connectivity index (χ4v) is 2.62. The van der Waals surface area contributed by atoms with Gasteiger partial charge >= 0.3 is 0 Å². The van der Waals surface area contributed by atoms with Crippen LogP contribution in [0.2, 0.25) is 0 Å². The van der Waals surface area contributed by atoms with Gasteiger partial charge in [-0.05, 0) is 29.7 Å². The zero-order valence-corrected chi connectivity index (χ0v) is 5.48. The molecular formula is C7H6ClF. The van der Waals surface area contributed by atoms with Gasteiger partial charge in [-0.1, -0.05) is 0 Å². The van der Waals surface area contributed by atoms with Gasteiger partial charge in [-0.15, -0.1) is 11.6 Å². The van der Waals surface area contributed by atoms with Crippen LogP contribution in [0.3, 0.4) is 0 Å². The van der Waals surface area contributed by atoms with Gasteiger partial charge in [0.25, 0.3) is 0 Å². The first kappa shape index (κ1) is 4.73. The second kappa shape index (κ2) is 1.07. The van der Waals surface area contributed by atoms with Crippen molar-refractivity contribution in [1.82, 2.24) is 0 Å². The van der Waals surface area contributed by atoms with E-state index in [9.17, 15) is 4.39 Å². The average molecular weight is 145 g/mol. The van der Waals surface area contributed by atoms with Gasteiger partial charge in [-0.3, -0.25) is 0 Å². The molecule has 0 aromatic carbocycles. The summed E-state index contributed by atoms with van der Waals surface area (Å²) in [6, 6.07) is 0. The second-order valence-electron chi connectivity index (χ2n) is 3.26. The molecule has 0 heterocycles. The molecule has 4 rings (SSSR count). The number of alkyl halides is 1. The highest BCUT2D eigenvalue weighted by Crippen LogP contribution is 2.78. The summed E-state index contributed by atoms with van der Waals surface area (Å²) in [7, 11) is 0. The minimum Gasteiger partial charge on any atom is -0.211 e. The normalized spacial score (nSPS) is 66.4. The number of hydrogen-bond acceptors (Lipinski definition) is 0. The maximum Gasteiger partial charge on any atom is 0.114 e. The lowest BCUT2D eigenvalue weighted by molar-refractivity contribution is 0.432. The van der Waals surface area contributed by atoms with E-state index in [0.29, 0.717) is 11.8 Å². The van der Waals surface area contributed by atoms with Crippen molar-refractivity contribution in [2.24, 2.45) is 23.7 Å². The lowest BCUT2D eigenvalue weighted by atomic mass is 9.94. The Hall–Kier alpha value is -0.0400. The van der Waals surface area contributed by atoms with E-state index in [1.165, 1.54) is 0 Å². The third kappa shape index (κ3) is 0.362. The summed E-state index contributed by atoms with van der Waals surface area (Å²) in [6.07, 6.45) is 1.72. The van der Waals surface area contributed by atoms with Crippen LogP contribution in [0.5, 0.6) is 0 Å². The molecule has 2 heteroatoms. The van der Waals surface area contributed by atoms with E-state index < -0.39 is 0 Å². The van der Waals surface area contributed by atoms with Crippen molar-refractivity contribution in [3.05, 3.63) is 11.9 Å². The Labute approximate surface area is 57.7 Å². The molecule has 0 spiro atoms. The van der Waals surface area contributed by atoms with Gasteiger partial charge in [0.05, 0.1) is 5.38 Å². The maximum absolute atomic E-state index is 12.6. The van der Waals surface area contributed by atoms with Gasteiger partial charge in [0, 0.05) is 0 Å². The molecule has 48 valence electrons. The topological polar surface area (TPSA) is 0 Å². The fraction of sp³-hybridized carbons (Fsp3) is 0.714. The molecule has 0 amide bonds. The zero-order chi connectivity index (χ0) is 6.17. The maximum atomic E-state index is 12.6. The Morgan fingerprint density at radius 3 is 2.44 bits per heavy atom. The van der Waals surface area contributed by atoms with E-state index in [1.807, 2.05) is 0 Å². The van der Waals surface area contributed by atoms with E-state index in [0.717, 1.165) is 11.8 Å². The Morgan fingerprint density at radius 1 is 1.33 bits per heavy atom. The summed E-state index contributed by atoms with van der Waals surface area (Å²) in [5, 5.41) is -0.259. The molecule has 0 N–H and O–H groups in total. The Morgan fingerprint density at radius 2 is 2.00 bits per heavy atom. The van der Waals surface area contributed by atoms with Crippen LogP contribution in [0.15, 0.2) is 11.9 Å². The highest BCUT2D eigenvalue weighted by Gasteiger charge is 2.76. The number of halogens is 2. The van der Waals surface area contributed by atoms with Crippen LogP contribution in [-0.2, 0) is 0 Å². The predicted octanol–water partition coefficient (Wildman–Crippen LogP) is 1.95. The molecule has 0 saturated heterocycles. The summed E-state index contributed by atoms with van der Waals surface area (Å²) in [4.78, 5) is 0. The molecule has 2 bridgehead atoms. The molecule has 2 saturated carbocycles. The van der Waals surface area contributed by atoms with Gasteiger partial charge < -0.3 is 0 Å². The van der Waals surface area contributed by atoms with Gasteiger partial charge in [-0.25, -0.2) is 4.39 Å². The summed E-state index contributed by atoms with van der Waals surface area (Å²) in [6.45, 7) is 0. The monoisotopic (exact) mass is 144 g/mol. The van der Waals surface area contributed by atoms with Gasteiger partial charge in [0.15, 0.2) is 0 Å². The molecule has 4 aliphatic carbocycles. The van der Waals surface area contributed by atoms with Crippen LogP contribution in [0, 0.1) is 23.7 Å². The smallest absolute Gasteiger partial charge is 0.114 e. The van der Waals surface area contributed by atoms with Crippen LogP contribution < -0.4 is 0 Å².